The number of hydrogen-bond donors (Lipinski definition) is 1. The molecule has 0 aliphatic rings. The van der Waals surface area contributed by atoms with E-state index in [-0.39, 0.29) is 6.10 Å². The molecule has 0 radical (unpaired) electrons. The highest BCUT2D eigenvalue weighted by Gasteiger charge is 2.19. The third-order valence-electron chi connectivity index (χ3n) is 3.53. The SMILES string of the molecule is CCC(OC)C(Cc1csc2ccccc12)NC. The monoisotopic (exact) mass is 263 g/mol. The molecular weight excluding hydrogens is 242 g/mol. The summed E-state index contributed by atoms with van der Waals surface area (Å²) in [5.41, 5.74) is 1.42. The van der Waals surface area contributed by atoms with Gasteiger partial charge in [0.15, 0.2) is 0 Å². The number of ether oxygens (including phenoxy) is 1. The standard InChI is InChI=1S/C15H21NOS/c1-4-14(17-3)13(16-2)9-11-10-18-15-8-6-5-7-12(11)15/h5-8,10,13-14,16H,4,9H2,1-3H3. The third-order valence-corrected chi connectivity index (χ3v) is 4.54. The van der Waals surface area contributed by atoms with Gasteiger partial charge in [-0.1, -0.05) is 25.1 Å². The molecular formula is C15H21NOS. The average Bonchev–Trinajstić information content (AvgIpc) is 2.82. The van der Waals surface area contributed by atoms with Crippen LogP contribution in [-0.4, -0.2) is 26.3 Å². The summed E-state index contributed by atoms with van der Waals surface area (Å²) in [5, 5.41) is 7.04. The van der Waals surface area contributed by atoms with Crippen molar-refractivity contribution in [2.24, 2.45) is 0 Å². The number of likely N-dealkylation sites (N-methyl/N-ethyl adjacent to an activating group) is 1. The van der Waals surface area contributed by atoms with Crippen LogP contribution in [0.25, 0.3) is 10.1 Å². The summed E-state index contributed by atoms with van der Waals surface area (Å²) in [4.78, 5) is 0. The van der Waals surface area contributed by atoms with Gasteiger partial charge in [0.2, 0.25) is 0 Å². The molecule has 0 amide bonds. The summed E-state index contributed by atoms with van der Waals surface area (Å²) in [7, 11) is 3.81. The highest BCUT2D eigenvalue weighted by Crippen LogP contribution is 2.27. The van der Waals surface area contributed by atoms with Crippen LogP contribution in [0.5, 0.6) is 0 Å². The van der Waals surface area contributed by atoms with Crippen molar-refractivity contribution in [3.63, 3.8) is 0 Å². The van der Waals surface area contributed by atoms with E-state index >= 15 is 0 Å². The largest absolute Gasteiger partial charge is 0.380 e. The molecule has 2 aromatic rings. The van der Waals surface area contributed by atoms with Crippen molar-refractivity contribution in [3.8, 4) is 0 Å². The second kappa shape index (κ2) is 6.32. The Morgan fingerprint density at radius 2 is 2.11 bits per heavy atom. The number of rotatable bonds is 6. The van der Waals surface area contributed by atoms with E-state index in [0.29, 0.717) is 6.04 Å². The van der Waals surface area contributed by atoms with E-state index in [4.69, 9.17) is 4.74 Å². The van der Waals surface area contributed by atoms with Crippen LogP contribution in [0.3, 0.4) is 0 Å². The molecule has 0 saturated heterocycles. The summed E-state index contributed by atoms with van der Waals surface area (Å²) in [6.07, 6.45) is 2.32. The molecule has 2 rings (SSSR count). The van der Waals surface area contributed by atoms with Crippen LogP contribution in [0, 0.1) is 0 Å². The van der Waals surface area contributed by atoms with Crippen LogP contribution in [0.4, 0.5) is 0 Å². The maximum Gasteiger partial charge on any atom is 0.0724 e. The van der Waals surface area contributed by atoms with E-state index in [1.54, 1.807) is 7.11 Å². The lowest BCUT2D eigenvalue weighted by atomic mass is 9.99. The Morgan fingerprint density at radius 1 is 1.33 bits per heavy atom. The summed E-state index contributed by atoms with van der Waals surface area (Å²) < 4.78 is 6.92. The van der Waals surface area contributed by atoms with E-state index in [1.807, 2.05) is 18.4 Å². The minimum Gasteiger partial charge on any atom is -0.380 e. The number of fused-ring (bicyclic) bond motifs is 1. The first-order valence-corrected chi connectivity index (χ1v) is 7.33. The topological polar surface area (TPSA) is 21.3 Å². The maximum absolute atomic E-state index is 5.55. The van der Waals surface area contributed by atoms with Gasteiger partial charge in [-0.2, -0.15) is 0 Å². The van der Waals surface area contributed by atoms with Gasteiger partial charge in [-0.3, -0.25) is 0 Å². The molecule has 1 aromatic carbocycles. The highest BCUT2D eigenvalue weighted by atomic mass is 32.1. The third kappa shape index (κ3) is 2.74. The molecule has 1 heterocycles. The van der Waals surface area contributed by atoms with Crippen molar-refractivity contribution in [2.45, 2.75) is 31.9 Å². The zero-order chi connectivity index (χ0) is 13.0. The van der Waals surface area contributed by atoms with Gasteiger partial charge >= 0.3 is 0 Å². The maximum atomic E-state index is 5.55. The lowest BCUT2D eigenvalue weighted by molar-refractivity contribution is 0.0679. The molecule has 98 valence electrons. The van der Waals surface area contributed by atoms with Gasteiger partial charge in [0.25, 0.3) is 0 Å². The van der Waals surface area contributed by atoms with Crippen LogP contribution in [0.1, 0.15) is 18.9 Å². The van der Waals surface area contributed by atoms with E-state index in [9.17, 15) is 0 Å². The first-order valence-electron chi connectivity index (χ1n) is 6.45. The summed E-state index contributed by atoms with van der Waals surface area (Å²) in [5.74, 6) is 0. The van der Waals surface area contributed by atoms with Crippen LogP contribution in [0.15, 0.2) is 29.6 Å². The van der Waals surface area contributed by atoms with Gasteiger partial charge < -0.3 is 10.1 Å². The number of nitrogens with one attached hydrogen (secondary N) is 1. The van der Waals surface area contributed by atoms with Crippen molar-refractivity contribution in [3.05, 3.63) is 35.2 Å². The predicted octanol–water partition coefficient (Wildman–Crippen LogP) is 3.46. The number of benzene rings is 1. The van der Waals surface area contributed by atoms with E-state index in [2.05, 4.69) is 41.9 Å². The zero-order valence-corrected chi connectivity index (χ0v) is 12.1. The first kappa shape index (κ1) is 13.5. The van der Waals surface area contributed by atoms with Crippen LogP contribution in [0.2, 0.25) is 0 Å². The van der Waals surface area contributed by atoms with Crippen molar-refractivity contribution in [1.82, 2.24) is 5.32 Å². The summed E-state index contributed by atoms with van der Waals surface area (Å²) >= 11 is 1.82. The molecule has 0 saturated carbocycles. The van der Waals surface area contributed by atoms with Gasteiger partial charge in [0.1, 0.15) is 0 Å². The first-order chi connectivity index (χ1) is 8.80. The predicted molar refractivity (Wildman–Crippen MR) is 79.5 cm³/mol. The Balaban J connectivity index is 2.21. The van der Waals surface area contributed by atoms with Crippen LogP contribution in [-0.2, 0) is 11.2 Å². The molecule has 2 atom stereocenters. The fraction of sp³-hybridized carbons (Fsp3) is 0.467. The van der Waals surface area contributed by atoms with Crippen molar-refractivity contribution < 1.29 is 4.74 Å². The normalized spacial score (nSPS) is 14.8. The molecule has 1 N–H and O–H groups in total. The molecule has 2 nitrogen and oxygen atoms in total. The molecule has 0 aliphatic carbocycles. The lowest BCUT2D eigenvalue weighted by Crippen LogP contribution is -2.40. The van der Waals surface area contributed by atoms with Gasteiger partial charge in [0.05, 0.1) is 6.10 Å². The zero-order valence-electron chi connectivity index (χ0n) is 11.3. The molecule has 0 aliphatic heterocycles. The van der Waals surface area contributed by atoms with E-state index in [1.165, 1.54) is 15.6 Å². The Morgan fingerprint density at radius 3 is 2.78 bits per heavy atom. The fourth-order valence-corrected chi connectivity index (χ4v) is 3.44. The second-order valence-electron chi connectivity index (χ2n) is 4.54. The fourth-order valence-electron chi connectivity index (χ4n) is 2.46. The summed E-state index contributed by atoms with van der Waals surface area (Å²) in [6, 6.07) is 8.98. The number of thiophene rings is 1. The summed E-state index contributed by atoms with van der Waals surface area (Å²) in [6.45, 7) is 2.17. The average molecular weight is 263 g/mol. The Labute approximate surface area is 113 Å². The van der Waals surface area contributed by atoms with Crippen molar-refractivity contribution in [2.75, 3.05) is 14.2 Å². The van der Waals surface area contributed by atoms with Crippen molar-refractivity contribution >= 4 is 21.4 Å². The van der Waals surface area contributed by atoms with Crippen molar-refractivity contribution in [1.29, 1.82) is 0 Å². The molecule has 0 bridgehead atoms. The molecule has 2 unspecified atom stereocenters. The van der Waals surface area contributed by atoms with E-state index in [0.717, 1.165) is 12.8 Å². The van der Waals surface area contributed by atoms with Crippen LogP contribution < -0.4 is 5.32 Å². The minimum atomic E-state index is 0.272. The van der Waals surface area contributed by atoms with E-state index < -0.39 is 0 Å². The Bertz CT molecular complexity index is 490. The van der Waals surface area contributed by atoms with Gasteiger partial charge in [0, 0.05) is 17.9 Å². The van der Waals surface area contributed by atoms with Gasteiger partial charge in [-0.15, -0.1) is 11.3 Å². The molecule has 0 spiro atoms. The smallest absolute Gasteiger partial charge is 0.0724 e. The molecule has 1 aromatic heterocycles. The highest BCUT2D eigenvalue weighted by molar-refractivity contribution is 7.17. The second-order valence-corrected chi connectivity index (χ2v) is 5.45. The molecule has 3 heteroatoms. The number of hydrogen-bond acceptors (Lipinski definition) is 3. The van der Waals surface area contributed by atoms with Gasteiger partial charge in [-0.05, 0) is 42.3 Å². The number of methoxy groups -OCH3 is 1. The Kier molecular flexibility index (Phi) is 4.75. The van der Waals surface area contributed by atoms with Crippen LogP contribution >= 0.6 is 11.3 Å². The minimum absolute atomic E-state index is 0.272. The molecule has 0 fully saturated rings. The van der Waals surface area contributed by atoms with Gasteiger partial charge in [-0.25, -0.2) is 0 Å². The Hall–Kier alpha value is -0.900. The molecule has 18 heavy (non-hydrogen) atoms. The lowest BCUT2D eigenvalue weighted by Gasteiger charge is -2.24. The quantitative estimate of drug-likeness (QED) is 0.862.